The lowest BCUT2D eigenvalue weighted by molar-refractivity contribution is -0.114. The molecule has 0 aliphatic carbocycles. The third-order valence-corrected chi connectivity index (χ3v) is 5.96. The molecular formula is C26H21Cl3N2O3. The first-order valence-electron chi connectivity index (χ1n) is 10.6. The van der Waals surface area contributed by atoms with E-state index in [4.69, 9.17) is 44.3 Å². The van der Waals surface area contributed by atoms with E-state index in [9.17, 15) is 4.79 Å². The Morgan fingerprint density at radius 1 is 0.971 bits per heavy atom. The van der Waals surface area contributed by atoms with Crippen LogP contribution in [0.4, 0.5) is 5.69 Å². The van der Waals surface area contributed by atoms with E-state index in [1.165, 1.54) is 5.01 Å². The van der Waals surface area contributed by atoms with Crippen molar-refractivity contribution in [3.8, 4) is 11.5 Å². The van der Waals surface area contributed by atoms with Crippen molar-refractivity contribution in [3.63, 3.8) is 0 Å². The number of rotatable bonds is 7. The summed E-state index contributed by atoms with van der Waals surface area (Å²) in [6.45, 7) is 4.27. The van der Waals surface area contributed by atoms with Crippen molar-refractivity contribution in [1.29, 1.82) is 0 Å². The van der Waals surface area contributed by atoms with Gasteiger partial charge in [-0.05, 0) is 61.9 Å². The Bertz CT molecular complexity index is 1290. The van der Waals surface area contributed by atoms with Gasteiger partial charge in [-0.2, -0.15) is 10.1 Å². The molecule has 1 aliphatic heterocycles. The quantitative estimate of drug-likeness (QED) is 0.307. The molecule has 1 amide bonds. The first-order chi connectivity index (χ1) is 16.4. The van der Waals surface area contributed by atoms with Crippen LogP contribution in [0.25, 0.3) is 6.08 Å². The van der Waals surface area contributed by atoms with Gasteiger partial charge in [0.15, 0.2) is 11.5 Å². The van der Waals surface area contributed by atoms with Crippen molar-refractivity contribution < 1.29 is 14.3 Å². The third-order valence-electron chi connectivity index (χ3n) is 5.09. The van der Waals surface area contributed by atoms with Crippen molar-refractivity contribution in [1.82, 2.24) is 0 Å². The second kappa shape index (κ2) is 10.5. The van der Waals surface area contributed by atoms with Gasteiger partial charge in [0.2, 0.25) is 0 Å². The molecule has 1 aliphatic rings. The zero-order valence-electron chi connectivity index (χ0n) is 18.5. The highest BCUT2D eigenvalue weighted by Gasteiger charge is 2.28. The molecule has 34 heavy (non-hydrogen) atoms. The molecule has 0 N–H and O–H groups in total. The fraction of sp³-hybridized carbons (Fsp3) is 0.154. The summed E-state index contributed by atoms with van der Waals surface area (Å²) in [6, 6.07) is 18.0. The summed E-state index contributed by atoms with van der Waals surface area (Å²) < 4.78 is 11.8. The zero-order chi connectivity index (χ0) is 24.2. The van der Waals surface area contributed by atoms with Gasteiger partial charge in [0.1, 0.15) is 6.61 Å². The molecule has 3 aromatic carbocycles. The predicted octanol–water partition coefficient (Wildman–Crippen LogP) is 7.43. The van der Waals surface area contributed by atoms with Crippen LogP contribution in [0.5, 0.6) is 11.5 Å². The van der Waals surface area contributed by atoms with Gasteiger partial charge in [-0.15, -0.1) is 0 Å². The van der Waals surface area contributed by atoms with Gasteiger partial charge in [-0.25, -0.2) is 0 Å². The zero-order valence-corrected chi connectivity index (χ0v) is 20.8. The minimum absolute atomic E-state index is 0.187. The summed E-state index contributed by atoms with van der Waals surface area (Å²) in [5.74, 6) is 0.646. The number of carbonyl (C=O) groups excluding carboxylic acids is 1. The van der Waals surface area contributed by atoms with E-state index in [0.717, 1.165) is 5.56 Å². The van der Waals surface area contributed by atoms with Gasteiger partial charge in [-0.1, -0.05) is 59.1 Å². The molecule has 0 bridgehead atoms. The van der Waals surface area contributed by atoms with Crippen LogP contribution in [0.1, 0.15) is 25.0 Å². The molecule has 8 heteroatoms. The van der Waals surface area contributed by atoms with E-state index in [2.05, 4.69) is 5.10 Å². The lowest BCUT2D eigenvalue weighted by Crippen LogP contribution is -2.21. The van der Waals surface area contributed by atoms with Gasteiger partial charge in [-0.3, -0.25) is 4.79 Å². The van der Waals surface area contributed by atoms with E-state index < -0.39 is 0 Å². The van der Waals surface area contributed by atoms with Gasteiger partial charge in [0.25, 0.3) is 5.91 Å². The SMILES string of the molecule is CCOc1cc(/C=C2/C(=O)N(c3ccccc3)N=C2C)cc(Cl)c1OCc1ccc(Cl)cc1Cl. The molecule has 0 spiro atoms. The number of nitrogens with zero attached hydrogens (tertiary/aromatic N) is 2. The maximum Gasteiger partial charge on any atom is 0.280 e. The first kappa shape index (κ1) is 24.1. The summed E-state index contributed by atoms with van der Waals surface area (Å²) in [5.41, 5.74) is 3.25. The van der Waals surface area contributed by atoms with Crippen molar-refractivity contribution in [3.05, 3.63) is 92.4 Å². The standard InChI is InChI=1S/C26H21Cl3N2O3/c1-3-33-24-13-17(11-21-16(2)30-31(26(21)32)20-7-5-4-6-8-20)12-23(29)25(24)34-15-18-9-10-19(27)14-22(18)28/h4-14H,3,15H2,1-2H3/b21-11+. The smallest absolute Gasteiger partial charge is 0.280 e. The van der Waals surface area contributed by atoms with Gasteiger partial charge in [0, 0.05) is 15.6 Å². The fourth-order valence-corrected chi connectivity index (χ4v) is 4.19. The van der Waals surface area contributed by atoms with Crippen LogP contribution in [0.2, 0.25) is 15.1 Å². The van der Waals surface area contributed by atoms with Crippen LogP contribution in [-0.2, 0) is 11.4 Å². The average Bonchev–Trinajstić information content (AvgIpc) is 3.09. The molecule has 4 rings (SSSR count). The Hall–Kier alpha value is -2.99. The Morgan fingerprint density at radius 2 is 1.74 bits per heavy atom. The number of ether oxygens (including phenoxy) is 2. The number of hydrogen-bond donors (Lipinski definition) is 0. The molecule has 5 nitrogen and oxygen atoms in total. The first-order valence-corrected chi connectivity index (χ1v) is 11.7. The molecule has 0 saturated carbocycles. The number of benzene rings is 3. The Kier molecular flexibility index (Phi) is 7.47. The molecule has 0 radical (unpaired) electrons. The maximum absolute atomic E-state index is 13.0. The molecule has 1 heterocycles. The normalized spacial score (nSPS) is 14.5. The van der Waals surface area contributed by atoms with Crippen LogP contribution in [0.3, 0.4) is 0 Å². The Morgan fingerprint density at radius 3 is 2.44 bits per heavy atom. The van der Waals surface area contributed by atoms with Crippen molar-refractivity contribution in [2.75, 3.05) is 11.6 Å². The van der Waals surface area contributed by atoms with Crippen LogP contribution in [0.15, 0.2) is 71.3 Å². The molecule has 3 aromatic rings. The van der Waals surface area contributed by atoms with Crippen LogP contribution >= 0.6 is 34.8 Å². The second-order valence-electron chi connectivity index (χ2n) is 7.48. The lowest BCUT2D eigenvalue weighted by atomic mass is 10.1. The lowest BCUT2D eigenvalue weighted by Gasteiger charge is -2.15. The van der Waals surface area contributed by atoms with Gasteiger partial charge in [0.05, 0.1) is 28.6 Å². The largest absolute Gasteiger partial charge is 0.490 e. The van der Waals surface area contributed by atoms with E-state index >= 15 is 0 Å². The van der Waals surface area contributed by atoms with Crippen molar-refractivity contribution in [2.45, 2.75) is 20.5 Å². The summed E-state index contributed by atoms with van der Waals surface area (Å²) in [4.78, 5) is 13.0. The highest BCUT2D eigenvalue weighted by atomic mass is 35.5. The van der Waals surface area contributed by atoms with Gasteiger partial charge < -0.3 is 9.47 Å². The summed E-state index contributed by atoms with van der Waals surface area (Å²) in [6.07, 6.45) is 1.75. The van der Waals surface area contributed by atoms with E-state index in [-0.39, 0.29) is 12.5 Å². The number of hydrogen-bond acceptors (Lipinski definition) is 4. The number of para-hydroxylation sites is 1. The van der Waals surface area contributed by atoms with E-state index in [0.29, 0.717) is 55.7 Å². The fourth-order valence-electron chi connectivity index (χ4n) is 3.46. The number of anilines is 1. The molecule has 0 fully saturated rings. The Labute approximate surface area is 213 Å². The molecule has 174 valence electrons. The monoisotopic (exact) mass is 514 g/mol. The van der Waals surface area contributed by atoms with Crippen LogP contribution in [0, 0.1) is 0 Å². The minimum Gasteiger partial charge on any atom is -0.490 e. The predicted molar refractivity (Wildman–Crippen MR) is 138 cm³/mol. The van der Waals surface area contributed by atoms with Gasteiger partial charge >= 0.3 is 0 Å². The number of hydrazone groups is 1. The average molecular weight is 516 g/mol. The maximum atomic E-state index is 13.0. The minimum atomic E-state index is -0.213. The molecule has 0 aromatic heterocycles. The molecule has 0 saturated heterocycles. The summed E-state index contributed by atoms with van der Waals surface area (Å²) in [7, 11) is 0. The summed E-state index contributed by atoms with van der Waals surface area (Å²) >= 11 is 18.8. The molecule has 0 unspecified atom stereocenters. The number of carbonyl (C=O) groups is 1. The highest BCUT2D eigenvalue weighted by Crippen LogP contribution is 2.39. The molecular weight excluding hydrogens is 495 g/mol. The van der Waals surface area contributed by atoms with Crippen molar-refractivity contribution in [2.24, 2.45) is 5.10 Å². The molecule has 0 atom stereocenters. The van der Waals surface area contributed by atoms with E-state index in [1.807, 2.05) is 37.3 Å². The number of halogens is 3. The topological polar surface area (TPSA) is 51.1 Å². The highest BCUT2D eigenvalue weighted by molar-refractivity contribution is 6.35. The number of amides is 1. The van der Waals surface area contributed by atoms with Crippen LogP contribution < -0.4 is 14.5 Å². The second-order valence-corrected chi connectivity index (χ2v) is 8.73. The summed E-state index contributed by atoms with van der Waals surface area (Å²) in [5, 5.41) is 7.20. The van der Waals surface area contributed by atoms with Crippen LogP contribution in [-0.4, -0.2) is 18.2 Å². The van der Waals surface area contributed by atoms with E-state index in [1.54, 1.807) is 43.3 Å². The third kappa shape index (κ3) is 5.22. The van der Waals surface area contributed by atoms with Crippen molar-refractivity contribution >= 4 is 58.2 Å². The Balaban J connectivity index is 1.61.